The Morgan fingerprint density at radius 1 is 0.686 bits per heavy atom. The molecule has 0 bridgehead atoms. The average Bonchev–Trinajstić information content (AvgIpc) is 3.79. The molecule has 0 saturated carbocycles. The normalized spacial score (nSPS) is 26.7. The quantitative estimate of drug-likeness (QED) is 0.143. The van der Waals surface area contributed by atoms with Gasteiger partial charge in [0.25, 0.3) is 0 Å². The second-order valence-corrected chi connectivity index (χ2v) is 15.6. The molecule has 1 saturated heterocycles. The van der Waals surface area contributed by atoms with Crippen molar-refractivity contribution >= 4 is 17.8 Å². The predicted octanol–water partition coefficient (Wildman–Crippen LogP) is 7.85. The van der Waals surface area contributed by atoms with Crippen LogP contribution in [0.2, 0.25) is 0 Å². The number of hydrogen-bond donors (Lipinski definition) is 1. The second kappa shape index (κ2) is 13.7. The lowest BCUT2D eigenvalue weighted by Crippen LogP contribution is -3.23. The third-order valence-electron chi connectivity index (χ3n) is 10.5. The molecule has 1 N–H and O–H groups in total. The fourth-order valence-corrected chi connectivity index (χ4v) is 8.10. The number of esters is 1. The molecular formula is C43H47N3O5. The highest BCUT2D eigenvalue weighted by atomic mass is 16.6. The third kappa shape index (κ3) is 6.95. The fraction of sp³-hybridized carbons (Fsp3) is 0.372. The zero-order valence-electron chi connectivity index (χ0n) is 30.0. The van der Waals surface area contributed by atoms with Gasteiger partial charge in [-0.3, -0.25) is 4.79 Å². The van der Waals surface area contributed by atoms with E-state index in [9.17, 15) is 10.0 Å². The smallest absolute Gasteiger partial charge is 0.307 e. The Morgan fingerprint density at radius 2 is 1.04 bits per heavy atom. The maximum Gasteiger partial charge on any atom is 0.307 e. The highest BCUT2D eigenvalue weighted by Gasteiger charge is 2.53. The van der Waals surface area contributed by atoms with E-state index in [2.05, 4.69) is 24.3 Å². The van der Waals surface area contributed by atoms with Crippen molar-refractivity contribution in [2.75, 3.05) is 0 Å². The summed E-state index contributed by atoms with van der Waals surface area (Å²) in [4.78, 5) is 24.8. The summed E-state index contributed by atoms with van der Waals surface area (Å²) in [5.41, 5.74) is 1.53. The lowest BCUT2D eigenvalue weighted by molar-refractivity contribution is -0.956. The van der Waals surface area contributed by atoms with Crippen molar-refractivity contribution in [1.82, 2.24) is 0 Å². The van der Waals surface area contributed by atoms with Crippen LogP contribution in [0.4, 0.5) is 0 Å². The molecule has 7 rings (SSSR count). The molecule has 3 aliphatic heterocycles. The number of rotatable bonds is 9. The lowest BCUT2D eigenvalue weighted by atomic mass is 9.80. The van der Waals surface area contributed by atoms with E-state index in [-0.39, 0.29) is 23.6 Å². The molecule has 264 valence electrons. The number of hydroxylamine groups is 2. The first-order valence-corrected chi connectivity index (χ1v) is 17.9. The van der Waals surface area contributed by atoms with Gasteiger partial charge in [-0.15, -0.1) is 0 Å². The lowest BCUT2D eigenvalue weighted by Gasteiger charge is -2.54. The summed E-state index contributed by atoms with van der Waals surface area (Å²) in [6.07, 6.45) is -0.452. The zero-order chi connectivity index (χ0) is 35.8. The van der Waals surface area contributed by atoms with Gasteiger partial charge in [0.1, 0.15) is 23.6 Å². The summed E-state index contributed by atoms with van der Waals surface area (Å²) in [6.45, 7) is 9.66. The molecule has 0 radical (unpaired) electrons. The van der Waals surface area contributed by atoms with E-state index in [1.807, 2.05) is 132 Å². The molecular weight excluding hydrogens is 638 g/mol. The van der Waals surface area contributed by atoms with Crippen molar-refractivity contribution < 1.29 is 24.1 Å². The maximum atomic E-state index is 14.2. The molecule has 4 atom stereocenters. The molecule has 3 aliphatic rings. The number of nitrogens with one attached hydrogen (secondary N) is 1. The molecule has 8 heteroatoms. The number of benzene rings is 4. The van der Waals surface area contributed by atoms with Crippen molar-refractivity contribution in [3.8, 4) is 0 Å². The van der Waals surface area contributed by atoms with Crippen LogP contribution < -0.4 is 5.06 Å². The van der Waals surface area contributed by atoms with Crippen LogP contribution in [0, 0.1) is 10.6 Å². The summed E-state index contributed by atoms with van der Waals surface area (Å²) in [5, 5.41) is 13.3. The van der Waals surface area contributed by atoms with E-state index in [0.29, 0.717) is 24.6 Å². The van der Waals surface area contributed by atoms with Gasteiger partial charge in [-0.05, 0) is 56.9 Å². The Morgan fingerprint density at radius 3 is 1.41 bits per heavy atom. The van der Waals surface area contributed by atoms with Crippen LogP contribution in [0.1, 0.15) is 100 Å². The van der Waals surface area contributed by atoms with Crippen molar-refractivity contribution in [1.29, 1.82) is 0 Å². The number of quaternary nitrogens is 1. The molecule has 0 amide bonds. The summed E-state index contributed by atoms with van der Waals surface area (Å²) in [7, 11) is 0. The average molecular weight is 686 g/mol. The Hall–Kier alpha value is -4.79. The maximum absolute atomic E-state index is 14.2. The topological polar surface area (TPSA) is 97.0 Å². The monoisotopic (exact) mass is 685 g/mol. The molecule has 0 unspecified atom stereocenters. The van der Waals surface area contributed by atoms with E-state index in [4.69, 9.17) is 24.2 Å². The zero-order valence-corrected chi connectivity index (χ0v) is 30.0. The molecule has 0 aliphatic carbocycles. The molecule has 3 heterocycles. The molecule has 4 aromatic rings. The Balaban J connectivity index is 1.29. The first-order chi connectivity index (χ1) is 24.4. The molecule has 8 nitrogen and oxygen atoms in total. The number of hydrogen-bond acceptors (Lipinski definition) is 7. The Labute approximate surface area is 300 Å². The number of piperidine rings is 1. The molecule has 51 heavy (non-hydrogen) atoms. The fourth-order valence-electron chi connectivity index (χ4n) is 8.10. The van der Waals surface area contributed by atoms with Crippen LogP contribution >= 0.6 is 0 Å². The van der Waals surface area contributed by atoms with E-state index >= 15 is 0 Å². The number of nitrogens with zero attached hydrogens (tertiary/aromatic N) is 2. The van der Waals surface area contributed by atoms with Crippen molar-refractivity contribution in [3.05, 3.63) is 149 Å². The van der Waals surface area contributed by atoms with Gasteiger partial charge in [0.2, 0.25) is 11.8 Å². The van der Waals surface area contributed by atoms with Gasteiger partial charge in [0.05, 0.1) is 17.5 Å². The standard InChI is InChI=1S/C43H47N3O5/c1-41(2)26-33(27-42(3,4)46(41)48)49-34(47)28-43(5,39-44-35(29-18-10-6-11-19-29)37(50-39)31-22-14-8-15-23-31)40-45-36(30-20-12-7-13-21-30)38(51-40)32-24-16-9-17-25-32/h6-25,33,35-38,46H,26-28H2,1-5H3/t35-,36-,37+,38+/m1/s1. The summed E-state index contributed by atoms with van der Waals surface area (Å²) < 4.78 is 20.0. The highest BCUT2D eigenvalue weighted by molar-refractivity contribution is 6.08. The van der Waals surface area contributed by atoms with Crippen LogP contribution in [0.25, 0.3) is 0 Å². The Bertz CT molecular complexity index is 1750. The minimum atomic E-state index is -1.21. The van der Waals surface area contributed by atoms with Gasteiger partial charge in [-0.1, -0.05) is 121 Å². The predicted molar refractivity (Wildman–Crippen MR) is 198 cm³/mol. The summed E-state index contributed by atoms with van der Waals surface area (Å²) in [5.74, 6) is 0.335. The second-order valence-electron chi connectivity index (χ2n) is 15.6. The van der Waals surface area contributed by atoms with Gasteiger partial charge < -0.3 is 24.5 Å². The minimum Gasteiger partial charge on any atom is -0.634 e. The van der Waals surface area contributed by atoms with Crippen LogP contribution in [-0.4, -0.2) is 34.9 Å². The highest BCUT2D eigenvalue weighted by Crippen LogP contribution is 2.49. The third-order valence-corrected chi connectivity index (χ3v) is 10.5. The largest absolute Gasteiger partial charge is 0.634 e. The van der Waals surface area contributed by atoms with Crippen LogP contribution in [0.5, 0.6) is 0 Å². The summed E-state index contributed by atoms with van der Waals surface area (Å²) in [6, 6.07) is 39.5. The molecule has 0 spiro atoms. The van der Waals surface area contributed by atoms with Crippen LogP contribution in [0.15, 0.2) is 131 Å². The first kappa shape index (κ1) is 34.6. The Kier molecular flexibility index (Phi) is 9.33. The SMILES string of the molecule is CC(CC(=O)OC1CC(C)(C)[NH+]([O-])C(C)(C)C1)(C1=N[C@H](c2ccccc2)[C@H](c2ccccc2)O1)C1=N[C@H](c2ccccc2)[C@H](c2ccccc2)O1. The van der Waals surface area contributed by atoms with Crippen LogP contribution in [-0.2, 0) is 19.0 Å². The molecule has 1 fully saturated rings. The van der Waals surface area contributed by atoms with Crippen LogP contribution in [0.3, 0.4) is 0 Å². The van der Waals surface area contributed by atoms with Crippen molar-refractivity contribution in [2.24, 2.45) is 15.4 Å². The van der Waals surface area contributed by atoms with Gasteiger partial charge in [-0.25, -0.2) is 9.98 Å². The van der Waals surface area contributed by atoms with Gasteiger partial charge in [0, 0.05) is 12.8 Å². The van der Waals surface area contributed by atoms with Gasteiger partial charge in [0.15, 0.2) is 12.2 Å². The molecule has 4 aromatic carbocycles. The van der Waals surface area contributed by atoms with Gasteiger partial charge in [-0.2, -0.15) is 0 Å². The van der Waals surface area contributed by atoms with Crippen molar-refractivity contribution in [2.45, 2.75) is 95.4 Å². The number of carbonyl (C=O) groups excluding carboxylic acids is 1. The summed E-state index contributed by atoms with van der Waals surface area (Å²) >= 11 is 0. The van der Waals surface area contributed by atoms with Gasteiger partial charge >= 0.3 is 5.97 Å². The molecule has 0 aromatic heterocycles. The number of ether oxygens (including phenoxy) is 3. The van der Waals surface area contributed by atoms with E-state index in [0.717, 1.165) is 22.3 Å². The van der Waals surface area contributed by atoms with E-state index in [1.165, 1.54) is 0 Å². The first-order valence-electron chi connectivity index (χ1n) is 17.9. The number of carbonyl (C=O) groups is 1. The minimum absolute atomic E-state index is 0.109. The van der Waals surface area contributed by atoms with E-state index in [1.54, 1.807) is 0 Å². The van der Waals surface area contributed by atoms with Crippen molar-refractivity contribution in [3.63, 3.8) is 0 Å². The van der Waals surface area contributed by atoms with E-state index < -0.39 is 40.8 Å². The number of aliphatic imine (C=N–C) groups is 2.